The molecule has 0 bridgehead atoms. The number of thioether (sulfide) groups is 1. The Morgan fingerprint density at radius 3 is 2.42 bits per heavy atom. The van der Waals surface area contributed by atoms with E-state index in [2.05, 4.69) is 15.6 Å². The molecule has 1 aromatic heterocycles. The summed E-state index contributed by atoms with van der Waals surface area (Å²) in [4.78, 5) is 30.2. The Morgan fingerprint density at radius 1 is 0.968 bits per heavy atom. The van der Waals surface area contributed by atoms with Gasteiger partial charge in [0.1, 0.15) is 0 Å². The number of hydrogen-bond donors (Lipinski definition) is 2. The van der Waals surface area contributed by atoms with Gasteiger partial charge >= 0.3 is 0 Å². The van der Waals surface area contributed by atoms with E-state index >= 15 is 0 Å². The molecule has 0 saturated heterocycles. The zero-order valence-electron chi connectivity index (χ0n) is 17.1. The van der Waals surface area contributed by atoms with Gasteiger partial charge < -0.3 is 10.6 Å². The fraction of sp³-hybridized carbons (Fsp3) is 0.125. The zero-order chi connectivity index (χ0) is 21.8. The number of benzene rings is 3. The molecule has 1 heterocycles. The molecular formula is C24H21N3O2S2. The number of hydrogen-bond acceptors (Lipinski definition) is 5. The van der Waals surface area contributed by atoms with Crippen LogP contribution in [0.4, 0.5) is 10.8 Å². The lowest BCUT2D eigenvalue weighted by atomic mass is 10.1. The molecule has 0 saturated carbocycles. The Morgan fingerprint density at radius 2 is 1.71 bits per heavy atom. The highest BCUT2D eigenvalue weighted by atomic mass is 32.2. The molecule has 3 aromatic carbocycles. The van der Waals surface area contributed by atoms with Crippen molar-refractivity contribution >= 4 is 56.5 Å². The lowest BCUT2D eigenvalue weighted by molar-refractivity contribution is -0.115. The number of amides is 2. The van der Waals surface area contributed by atoms with Gasteiger partial charge in [0.2, 0.25) is 5.91 Å². The fourth-order valence-corrected chi connectivity index (χ4v) is 4.59. The number of aryl methyl sites for hydroxylation is 1. The van der Waals surface area contributed by atoms with E-state index in [1.165, 1.54) is 23.1 Å². The number of carbonyl (C=O) groups is 2. The summed E-state index contributed by atoms with van der Waals surface area (Å²) in [5.74, 6) is -0.245. The Kier molecular flexibility index (Phi) is 6.34. The average Bonchev–Trinajstić information content (AvgIpc) is 3.19. The Balaban J connectivity index is 1.35. The highest BCUT2D eigenvalue weighted by Gasteiger charge is 2.16. The fourth-order valence-electron chi connectivity index (χ4n) is 3.03. The Hall–Kier alpha value is -3.16. The van der Waals surface area contributed by atoms with Crippen LogP contribution in [0.15, 0.2) is 77.0 Å². The minimum absolute atomic E-state index is 0.0898. The van der Waals surface area contributed by atoms with Crippen LogP contribution in [-0.2, 0) is 4.79 Å². The average molecular weight is 448 g/mol. The van der Waals surface area contributed by atoms with Gasteiger partial charge in [0.05, 0.1) is 10.9 Å². The molecule has 156 valence electrons. The van der Waals surface area contributed by atoms with E-state index in [4.69, 9.17) is 0 Å². The number of anilines is 2. The number of thiazole rings is 1. The molecule has 1 unspecified atom stereocenters. The second kappa shape index (κ2) is 9.32. The maximum absolute atomic E-state index is 12.6. The van der Waals surface area contributed by atoms with Gasteiger partial charge in [-0.1, -0.05) is 30.3 Å². The summed E-state index contributed by atoms with van der Waals surface area (Å²) in [6.07, 6.45) is 0. The van der Waals surface area contributed by atoms with Crippen molar-refractivity contribution in [2.45, 2.75) is 24.0 Å². The van der Waals surface area contributed by atoms with E-state index in [0.717, 1.165) is 21.4 Å². The van der Waals surface area contributed by atoms with E-state index in [-0.39, 0.29) is 17.1 Å². The summed E-state index contributed by atoms with van der Waals surface area (Å²) in [6, 6.07) is 21.1. The van der Waals surface area contributed by atoms with Crippen molar-refractivity contribution in [2.24, 2.45) is 0 Å². The molecule has 0 aliphatic rings. The number of nitrogens with one attached hydrogen (secondary N) is 2. The first-order valence-electron chi connectivity index (χ1n) is 9.78. The molecule has 2 N–H and O–H groups in total. The summed E-state index contributed by atoms with van der Waals surface area (Å²) in [6.45, 7) is 3.75. The quantitative estimate of drug-likeness (QED) is 0.357. The van der Waals surface area contributed by atoms with E-state index in [1.54, 1.807) is 0 Å². The predicted molar refractivity (Wildman–Crippen MR) is 129 cm³/mol. The summed E-state index contributed by atoms with van der Waals surface area (Å²) >= 11 is 2.87. The second-order valence-electron chi connectivity index (χ2n) is 7.08. The third-order valence-corrected chi connectivity index (χ3v) is 6.64. The van der Waals surface area contributed by atoms with Gasteiger partial charge in [-0.05, 0) is 61.0 Å². The van der Waals surface area contributed by atoms with Crippen molar-refractivity contribution in [1.82, 2.24) is 4.98 Å². The molecule has 31 heavy (non-hydrogen) atoms. The van der Waals surface area contributed by atoms with Crippen molar-refractivity contribution in [3.8, 4) is 0 Å². The van der Waals surface area contributed by atoms with E-state index in [9.17, 15) is 9.59 Å². The summed E-state index contributed by atoms with van der Waals surface area (Å²) in [7, 11) is 0. The molecule has 0 spiro atoms. The molecule has 5 nitrogen and oxygen atoms in total. The van der Waals surface area contributed by atoms with E-state index in [1.807, 2.05) is 86.0 Å². The standard InChI is InChI=1S/C24H21N3O2S2/c1-15-14-30-24(25-15)27-22(28)16(2)31-21-11-9-20(10-12-21)26-23(29)19-8-7-17-5-3-4-6-18(17)13-19/h3-14,16H,1-2H3,(H,26,29)(H,25,27,28). The smallest absolute Gasteiger partial charge is 0.255 e. The third kappa shape index (κ3) is 5.31. The van der Waals surface area contributed by atoms with Gasteiger partial charge in [0.25, 0.3) is 5.91 Å². The second-order valence-corrected chi connectivity index (χ2v) is 9.36. The first-order valence-corrected chi connectivity index (χ1v) is 11.5. The first-order chi connectivity index (χ1) is 15.0. The molecule has 4 rings (SSSR count). The van der Waals surface area contributed by atoms with Crippen LogP contribution in [0.5, 0.6) is 0 Å². The third-order valence-electron chi connectivity index (χ3n) is 4.66. The van der Waals surface area contributed by atoms with Gasteiger partial charge in [0, 0.05) is 21.5 Å². The monoisotopic (exact) mass is 447 g/mol. The van der Waals surface area contributed by atoms with E-state index in [0.29, 0.717) is 16.4 Å². The topological polar surface area (TPSA) is 71.1 Å². The molecule has 0 aliphatic heterocycles. The first kappa shape index (κ1) is 21.1. The zero-order valence-corrected chi connectivity index (χ0v) is 18.7. The molecular weight excluding hydrogens is 426 g/mol. The lowest BCUT2D eigenvalue weighted by Crippen LogP contribution is -2.22. The molecule has 0 radical (unpaired) electrons. The highest BCUT2D eigenvalue weighted by molar-refractivity contribution is 8.00. The predicted octanol–water partition coefficient (Wildman–Crippen LogP) is 5.98. The normalized spacial score (nSPS) is 11.8. The largest absolute Gasteiger partial charge is 0.322 e. The minimum Gasteiger partial charge on any atom is -0.322 e. The number of rotatable bonds is 6. The minimum atomic E-state index is -0.276. The highest BCUT2D eigenvalue weighted by Crippen LogP contribution is 2.26. The van der Waals surface area contributed by atoms with Crippen molar-refractivity contribution in [1.29, 1.82) is 0 Å². The van der Waals surface area contributed by atoms with Crippen molar-refractivity contribution in [3.63, 3.8) is 0 Å². The Bertz CT molecular complexity index is 1240. The van der Waals surface area contributed by atoms with Crippen LogP contribution in [-0.4, -0.2) is 22.0 Å². The number of nitrogens with zero attached hydrogens (tertiary/aromatic N) is 1. The van der Waals surface area contributed by atoms with Crippen LogP contribution < -0.4 is 10.6 Å². The van der Waals surface area contributed by atoms with Gasteiger partial charge in [-0.3, -0.25) is 9.59 Å². The maximum atomic E-state index is 12.6. The molecule has 7 heteroatoms. The summed E-state index contributed by atoms with van der Waals surface area (Å²) < 4.78 is 0. The molecule has 2 amide bonds. The van der Waals surface area contributed by atoms with Crippen LogP contribution in [0.3, 0.4) is 0 Å². The molecule has 0 fully saturated rings. The summed E-state index contributed by atoms with van der Waals surface area (Å²) in [5.41, 5.74) is 2.21. The number of carbonyl (C=O) groups excluding carboxylic acids is 2. The number of fused-ring (bicyclic) bond motifs is 1. The maximum Gasteiger partial charge on any atom is 0.255 e. The van der Waals surface area contributed by atoms with Crippen LogP contribution in [0.1, 0.15) is 23.0 Å². The Labute approximate surface area is 188 Å². The lowest BCUT2D eigenvalue weighted by Gasteiger charge is -2.11. The van der Waals surface area contributed by atoms with Gasteiger partial charge in [0.15, 0.2) is 5.13 Å². The van der Waals surface area contributed by atoms with Crippen molar-refractivity contribution in [2.75, 3.05) is 10.6 Å². The molecule has 0 aliphatic carbocycles. The SMILES string of the molecule is Cc1csc(NC(=O)C(C)Sc2ccc(NC(=O)c3ccc4ccccc4c3)cc2)n1. The van der Waals surface area contributed by atoms with Gasteiger partial charge in [-0.15, -0.1) is 23.1 Å². The van der Waals surface area contributed by atoms with Crippen LogP contribution in [0.2, 0.25) is 0 Å². The van der Waals surface area contributed by atoms with Gasteiger partial charge in [-0.25, -0.2) is 4.98 Å². The van der Waals surface area contributed by atoms with Crippen molar-refractivity contribution < 1.29 is 9.59 Å². The summed E-state index contributed by atoms with van der Waals surface area (Å²) in [5, 5.41) is 10.1. The van der Waals surface area contributed by atoms with Crippen LogP contribution >= 0.6 is 23.1 Å². The molecule has 1 atom stereocenters. The van der Waals surface area contributed by atoms with Gasteiger partial charge in [-0.2, -0.15) is 0 Å². The van der Waals surface area contributed by atoms with Crippen LogP contribution in [0, 0.1) is 6.92 Å². The molecule has 4 aromatic rings. The van der Waals surface area contributed by atoms with Crippen molar-refractivity contribution in [3.05, 3.63) is 83.4 Å². The van der Waals surface area contributed by atoms with E-state index < -0.39 is 0 Å². The number of aromatic nitrogens is 1. The van der Waals surface area contributed by atoms with Crippen LogP contribution in [0.25, 0.3) is 10.8 Å².